The van der Waals surface area contributed by atoms with Crippen molar-refractivity contribution in [1.82, 2.24) is 4.72 Å². The second kappa shape index (κ2) is 8.40. The van der Waals surface area contributed by atoms with Crippen molar-refractivity contribution in [3.63, 3.8) is 0 Å². The molecule has 0 unspecified atom stereocenters. The van der Waals surface area contributed by atoms with E-state index in [2.05, 4.69) is 4.72 Å². The Morgan fingerprint density at radius 1 is 1.14 bits per heavy atom. The van der Waals surface area contributed by atoms with Gasteiger partial charge in [-0.3, -0.25) is 0 Å². The Labute approximate surface area is 168 Å². The number of nitrogens with one attached hydrogen (secondary N) is 1. The molecule has 0 aromatic heterocycles. The van der Waals surface area contributed by atoms with Crippen LogP contribution >= 0.6 is 0 Å². The fraction of sp³-hybridized carbons (Fsp3) is 0.350. The molecule has 0 saturated carbocycles. The summed E-state index contributed by atoms with van der Waals surface area (Å²) in [5, 5.41) is 0. The van der Waals surface area contributed by atoms with Gasteiger partial charge < -0.3 is 18.9 Å². The Kier molecular flexibility index (Phi) is 5.70. The summed E-state index contributed by atoms with van der Waals surface area (Å²) in [4.78, 5) is 12.2. The Balaban J connectivity index is 1.40. The third kappa shape index (κ3) is 4.69. The van der Waals surface area contributed by atoms with E-state index in [1.165, 1.54) is 24.3 Å². The van der Waals surface area contributed by atoms with E-state index in [4.69, 9.17) is 18.9 Å². The van der Waals surface area contributed by atoms with Crippen molar-refractivity contribution < 1.29 is 32.2 Å². The number of hydrogen-bond donors (Lipinski definition) is 1. The normalized spacial score (nSPS) is 18.0. The first-order valence-electron chi connectivity index (χ1n) is 9.28. The lowest BCUT2D eigenvalue weighted by atomic mass is 10.2. The van der Waals surface area contributed by atoms with E-state index in [0.29, 0.717) is 18.1 Å². The van der Waals surface area contributed by atoms with Gasteiger partial charge in [0.25, 0.3) is 0 Å². The molecule has 2 aromatic carbocycles. The minimum Gasteiger partial charge on any atom is -0.459 e. The second-order valence-electron chi connectivity index (χ2n) is 6.77. The highest BCUT2D eigenvalue weighted by Crippen LogP contribution is 2.32. The highest BCUT2D eigenvalue weighted by Gasteiger charge is 2.20. The van der Waals surface area contributed by atoms with Crippen molar-refractivity contribution in [3.05, 3.63) is 53.6 Å². The third-order valence-corrected chi connectivity index (χ3v) is 6.11. The predicted molar refractivity (Wildman–Crippen MR) is 102 cm³/mol. The molecule has 4 rings (SSSR count). The van der Waals surface area contributed by atoms with Crippen LogP contribution in [0.15, 0.2) is 47.4 Å². The summed E-state index contributed by atoms with van der Waals surface area (Å²) in [6.45, 7) is 1.07. The third-order valence-electron chi connectivity index (χ3n) is 4.71. The Hall–Kier alpha value is -2.62. The van der Waals surface area contributed by atoms with Gasteiger partial charge in [0.15, 0.2) is 11.5 Å². The van der Waals surface area contributed by atoms with Crippen LogP contribution in [0.25, 0.3) is 0 Å². The average molecular weight is 419 g/mol. The van der Waals surface area contributed by atoms with Gasteiger partial charge in [0.05, 0.1) is 16.6 Å². The van der Waals surface area contributed by atoms with Crippen LogP contribution in [-0.2, 0) is 26.0 Å². The van der Waals surface area contributed by atoms with E-state index in [1.54, 1.807) is 18.2 Å². The molecule has 0 radical (unpaired) electrons. The van der Waals surface area contributed by atoms with Gasteiger partial charge in [-0.15, -0.1) is 0 Å². The number of benzene rings is 2. The smallest absolute Gasteiger partial charge is 0.338 e. The van der Waals surface area contributed by atoms with Crippen LogP contribution in [0.4, 0.5) is 0 Å². The molecule has 0 amide bonds. The number of fused-ring (bicyclic) bond motifs is 1. The van der Waals surface area contributed by atoms with Crippen LogP contribution in [0.3, 0.4) is 0 Å². The highest BCUT2D eigenvalue weighted by molar-refractivity contribution is 7.89. The fourth-order valence-electron chi connectivity index (χ4n) is 3.13. The van der Waals surface area contributed by atoms with E-state index in [-0.39, 0.29) is 36.5 Å². The number of hydrogen-bond acceptors (Lipinski definition) is 7. The van der Waals surface area contributed by atoms with Crippen LogP contribution in [0.2, 0.25) is 0 Å². The molecule has 1 N–H and O–H groups in total. The van der Waals surface area contributed by atoms with Crippen LogP contribution in [-0.4, -0.2) is 40.5 Å². The van der Waals surface area contributed by atoms with Gasteiger partial charge in [-0.2, -0.15) is 0 Å². The van der Waals surface area contributed by atoms with Crippen molar-refractivity contribution >= 4 is 16.0 Å². The van der Waals surface area contributed by atoms with Gasteiger partial charge >= 0.3 is 5.97 Å². The van der Waals surface area contributed by atoms with E-state index < -0.39 is 16.0 Å². The zero-order chi connectivity index (χ0) is 20.3. The summed E-state index contributed by atoms with van der Waals surface area (Å²) in [5.74, 6) is 0.636. The molecule has 0 bridgehead atoms. The maximum Gasteiger partial charge on any atom is 0.338 e. The number of ether oxygens (including phenoxy) is 4. The molecule has 154 valence electrons. The summed E-state index contributed by atoms with van der Waals surface area (Å²) in [5.41, 5.74) is 0.902. The number of carbonyl (C=O) groups excluding carboxylic acids is 1. The Morgan fingerprint density at radius 2 is 2.00 bits per heavy atom. The monoisotopic (exact) mass is 419 g/mol. The van der Waals surface area contributed by atoms with Crippen molar-refractivity contribution in [2.45, 2.75) is 30.4 Å². The van der Waals surface area contributed by atoms with Gasteiger partial charge in [0.2, 0.25) is 16.8 Å². The molecule has 8 nitrogen and oxygen atoms in total. The number of sulfonamides is 1. The van der Waals surface area contributed by atoms with Gasteiger partial charge in [0.1, 0.15) is 6.61 Å². The SMILES string of the molecule is O=C(OC[C@@H]1CCCO1)c1cccc(S(=O)(=O)NCc2ccc3c(c2)OCO3)c1. The van der Waals surface area contributed by atoms with Crippen LogP contribution in [0.1, 0.15) is 28.8 Å². The highest BCUT2D eigenvalue weighted by atomic mass is 32.2. The summed E-state index contributed by atoms with van der Waals surface area (Å²) in [7, 11) is -3.81. The zero-order valence-electron chi connectivity index (χ0n) is 15.6. The van der Waals surface area contributed by atoms with Crippen LogP contribution in [0, 0.1) is 0 Å². The Bertz CT molecular complexity index is 1000. The zero-order valence-corrected chi connectivity index (χ0v) is 16.4. The van der Waals surface area contributed by atoms with Gasteiger partial charge in [-0.25, -0.2) is 17.9 Å². The molecule has 0 spiro atoms. The number of rotatable bonds is 7. The number of carbonyl (C=O) groups is 1. The maximum atomic E-state index is 12.6. The molecule has 9 heteroatoms. The predicted octanol–water partition coefficient (Wildman–Crippen LogP) is 2.23. The first-order chi connectivity index (χ1) is 14.0. The van der Waals surface area contributed by atoms with E-state index >= 15 is 0 Å². The molecule has 29 heavy (non-hydrogen) atoms. The molecule has 2 aliphatic rings. The summed E-state index contributed by atoms with van der Waals surface area (Å²) in [6, 6.07) is 11.0. The van der Waals surface area contributed by atoms with Crippen LogP contribution < -0.4 is 14.2 Å². The molecule has 2 aliphatic heterocycles. The first kappa shape index (κ1) is 19.7. The fourth-order valence-corrected chi connectivity index (χ4v) is 4.19. The van der Waals surface area contributed by atoms with Gasteiger partial charge in [-0.05, 0) is 48.7 Å². The van der Waals surface area contributed by atoms with E-state index in [1.807, 2.05) is 0 Å². The van der Waals surface area contributed by atoms with Crippen molar-refractivity contribution in [1.29, 1.82) is 0 Å². The van der Waals surface area contributed by atoms with Gasteiger partial charge in [0, 0.05) is 13.2 Å². The lowest BCUT2D eigenvalue weighted by Crippen LogP contribution is -2.23. The first-order valence-corrected chi connectivity index (χ1v) is 10.8. The van der Waals surface area contributed by atoms with Crippen molar-refractivity contribution in [2.24, 2.45) is 0 Å². The molecule has 0 aliphatic carbocycles. The summed E-state index contributed by atoms with van der Waals surface area (Å²) in [6.07, 6.45) is 1.71. The van der Waals surface area contributed by atoms with E-state index in [9.17, 15) is 13.2 Å². The van der Waals surface area contributed by atoms with Crippen molar-refractivity contribution in [2.75, 3.05) is 20.0 Å². The lowest BCUT2D eigenvalue weighted by molar-refractivity contribution is 0.0161. The minimum atomic E-state index is -3.81. The second-order valence-corrected chi connectivity index (χ2v) is 8.54. The molecule has 1 saturated heterocycles. The van der Waals surface area contributed by atoms with Crippen molar-refractivity contribution in [3.8, 4) is 11.5 Å². The molecular weight excluding hydrogens is 398 g/mol. The minimum absolute atomic E-state index is 0.00944. The Morgan fingerprint density at radius 3 is 2.83 bits per heavy atom. The van der Waals surface area contributed by atoms with Gasteiger partial charge in [-0.1, -0.05) is 12.1 Å². The molecular formula is C20H21NO7S. The quantitative estimate of drug-likeness (QED) is 0.687. The maximum absolute atomic E-state index is 12.6. The topological polar surface area (TPSA) is 100 Å². The lowest BCUT2D eigenvalue weighted by Gasteiger charge is -2.11. The average Bonchev–Trinajstić information content (AvgIpc) is 3.42. The molecule has 2 heterocycles. The molecule has 1 fully saturated rings. The largest absolute Gasteiger partial charge is 0.459 e. The summed E-state index contributed by atoms with van der Waals surface area (Å²) >= 11 is 0. The standard InChI is InChI=1S/C20H21NO7S/c22-20(26-12-16-4-2-8-25-16)15-3-1-5-17(10-15)29(23,24)21-11-14-6-7-18-19(9-14)28-13-27-18/h1,3,5-7,9-10,16,21H,2,4,8,11-13H2/t16-/m0/s1. The number of esters is 1. The molecule has 2 aromatic rings. The van der Waals surface area contributed by atoms with Crippen LogP contribution in [0.5, 0.6) is 11.5 Å². The van der Waals surface area contributed by atoms with E-state index in [0.717, 1.165) is 18.4 Å². The molecule has 1 atom stereocenters. The summed E-state index contributed by atoms with van der Waals surface area (Å²) < 4.78 is 49.0.